The molecule has 1 saturated heterocycles. The van der Waals surface area contributed by atoms with Crippen LogP contribution in [-0.2, 0) is 0 Å². The van der Waals surface area contributed by atoms with Gasteiger partial charge in [-0.15, -0.1) is 0 Å². The van der Waals surface area contributed by atoms with Crippen molar-refractivity contribution in [2.75, 3.05) is 29.9 Å². The van der Waals surface area contributed by atoms with Gasteiger partial charge in [-0.2, -0.15) is 0 Å². The van der Waals surface area contributed by atoms with E-state index in [2.05, 4.69) is 29.3 Å². The van der Waals surface area contributed by atoms with Crippen molar-refractivity contribution in [2.24, 2.45) is 0 Å². The molecule has 0 radical (unpaired) electrons. The van der Waals surface area contributed by atoms with Gasteiger partial charge in [0.25, 0.3) is 0 Å². The predicted octanol–water partition coefficient (Wildman–Crippen LogP) is 3.96. The van der Waals surface area contributed by atoms with E-state index in [9.17, 15) is 9.18 Å². The van der Waals surface area contributed by atoms with Crippen LogP contribution in [0.5, 0.6) is 0 Å². The number of hydrogen-bond donors (Lipinski definition) is 1. The van der Waals surface area contributed by atoms with Crippen LogP contribution in [0.25, 0.3) is 0 Å². The molecule has 0 atom stereocenters. The fourth-order valence-electron chi connectivity index (χ4n) is 2.94. The minimum absolute atomic E-state index is 0.137. The minimum atomic E-state index is -0.310. The molecule has 2 amide bonds. The molecule has 1 N–H and O–H groups in total. The highest BCUT2D eigenvalue weighted by Gasteiger charge is 2.34. The standard InChI is InChI=1S/C19H22FN3O/c1-2-12-23(17-6-4-3-5-7-17)18-13-22(14-18)19(24)21-16-10-8-15(20)9-11-16/h3-11,18H,2,12-14H2,1H3,(H,21,24). The van der Waals surface area contributed by atoms with Crippen LogP contribution in [0.2, 0.25) is 0 Å². The van der Waals surface area contributed by atoms with Gasteiger partial charge in [0.1, 0.15) is 5.82 Å². The molecular formula is C19H22FN3O. The SMILES string of the molecule is CCCN(c1ccccc1)C1CN(C(=O)Nc2ccc(F)cc2)C1. The molecule has 0 spiro atoms. The van der Waals surface area contributed by atoms with E-state index in [0.29, 0.717) is 24.8 Å². The maximum absolute atomic E-state index is 12.9. The van der Waals surface area contributed by atoms with E-state index >= 15 is 0 Å². The Morgan fingerprint density at radius 1 is 1.17 bits per heavy atom. The Kier molecular flexibility index (Phi) is 4.99. The number of hydrogen-bond acceptors (Lipinski definition) is 2. The van der Waals surface area contributed by atoms with Crippen molar-refractivity contribution in [3.8, 4) is 0 Å². The maximum Gasteiger partial charge on any atom is 0.321 e. The summed E-state index contributed by atoms with van der Waals surface area (Å²) in [4.78, 5) is 16.4. The van der Waals surface area contributed by atoms with Gasteiger partial charge in [0, 0.05) is 31.0 Å². The summed E-state index contributed by atoms with van der Waals surface area (Å²) in [7, 11) is 0. The van der Waals surface area contributed by atoms with Gasteiger partial charge in [0.05, 0.1) is 6.04 Å². The van der Waals surface area contributed by atoms with Gasteiger partial charge >= 0.3 is 6.03 Å². The summed E-state index contributed by atoms with van der Waals surface area (Å²) in [5, 5.41) is 2.80. The normalized spacial score (nSPS) is 14.2. The number of anilines is 2. The average Bonchev–Trinajstić information content (AvgIpc) is 2.56. The molecule has 0 bridgehead atoms. The molecule has 126 valence electrons. The topological polar surface area (TPSA) is 35.6 Å². The number of rotatable bonds is 5. The third-order valence-electron chi connectivity index (χ3n) is 4.24. The Morgan fingerprint density at radius 2 is 1.83 bits per heavy atom. The first-order chi connectivity index (χ1) is 11.7. The van der Waals surface area contributed by atoms with E-state index in [1.54, 1.807) is 17.0 Å². The molecule has 1 heterocycles. The van der Waals surface area contributed by atoms with Crippen LogP contribution in [0, 0.1) is 5.82 Å². The zero-order chi connectivity index (χ0) is 16.9. The van der Waals surface area contributed by atoms with Crippen LogP contribution in [0.3, 0.4) is 0 Å². The summed E-state index contributed by atoms with van der Waals surface area (Å²) in [5.74, 6) is -0.310. The fraction of sp³-hybridized carbons (Fsp3) is 0.316. The highest BCUT2D eigenvalue weighted by molar-refractivity contribution is 5.90. The lowest BCUT2D eigenvalue weighted by Crippen LogP contribution is -2.62. The lowest BCUT2D eigenvalue weighted by atomic mass is 10.1. The van der Waals surface area contributed by atoms with Crippen molar-refractivity contribution >= 4 is 17.4 Å². The number of carbonyl (C=O) groups is 1. The fourth-order valence-corrected chi connectivity index (χ4v) is 2.94. The van der Waals surface area contributed by atoms with Gasteiger partial charge in [-0.05, 0) is 42.8 Å². The smallest absolute Gasteiger partial charge is 0.321 e. The number of carbonyl (C=O) groups excluding carboxylic acids is 1. The molecule has 1 fully saturated rings. The van der Waals surface area contributed by atoms with Crippen molar-refractivity contribution < 1.29 is 9.18 Å². The van der Waals surface area contributed by atoms with Crippen molar-refractivity contribution in [1.29, 1.82) is 0 Å². The molecule has 3 rings (SSSR count). The number of para-hydroxylation sites is 1. The van der Waals surface area contributed by atoms with Gasteiger partial charge in [-0.1, -0.05) is 25.1 Å². The molecule has 2 aromatic carbocycles. The van der Waals surface area contributed by atoms with Crippen LogP contribution in [0.4, 0.5) is 20.6 Å². The number of nitrogens with one attached hydrogen (secondary N) is 1. The van der Waals surface area contributed by atoms with Crippen LogP contribution < -0.4 is 10.2 Å². The molecule has 0 saturated carbocycles. The first kappa shape index (κ1) is 16.3. The van der Waals surface area contributed by atoms with Gasteiger partial charge in [-0.3, -0.25) is 0 Å². The van der Waals surface area contributed by atoms with Crippen molar-refractivity contribution in [3.05, 3.63) is 60.4 Å². The summed E-state index contributed by atoms with van der Waals surface area (Å²) < 4.78 is 12.9. The van der Waals surface area contributed by atoms with E-state index in [-0.39, 0.29) is 11.8 Å². The molecular weight excluding hydrogens is 305 g/mol. The van der Waals surface area contributed by atoms with Crippen molar-refractivity contribution in [3.63, 3.8) is 0 Å². The van der Waals surface area contributed by atoms with Crippen LogP contribution in [0.1, 0.15) is 13.3 Å². The molecule has 2 aromatic rings. The number of amides is 2. The summed E-state index contributed by atoms with van der Waals surface area (Å²) >= 11 is 0. The molecule has 1 aliphatic rings. The number of urea groups is 1. The number of nitrogens with zero attached hydrogens (tertiary/aromatic N) is 2. The second kappa shape index (κ2) is 7.34. The number of halogens is 1. The minimum Gasteiger partial charge on any atom is -0.365 e. The number of likely N-dealkylation sites (tertiary alicyclic amines) is 1. The van der Waals surface area contributed by atoms with Crippen LogP contribution in [-0.4, -0.2) is 36.6 Å². The third kappa shape index (κ3) is 3.67. The highest BCUT2D eigenvalue weighted by atomic mass is 19.1. The molecule has 0 unspecified atom stereocenters. The van der Waals surface area contributed by atoms with Gasteiger partial charge in [-0.25, -0.2) is 9.18 Å². The molecule has 0 aliphatic carbocycles. The number of benzene rings is 2. The second-order valence-corrected chi connectivity index (χ2v) is 6.02. The van der Waals surface area contributed by atoms with E-state index in [4.69, 9.17) is 0 Å². The van der Waals surface area contributed by atoms with Crippen molar-refractivity contribution in [2.45, 2.75) is 19.4 Å². The predicted molar refractivity (Wildman–Crippen MR) is 94.9 cm³/mol. The summed E-state index contributed by atoms with van der Waals surface area (Å²) in [5.41, 5.74) is 1.81. The zero-order valence-corrected chi connectivity index (χ0v) is 13.8. The van der Waals surface area contributed by atoms with Gasteiger partial charge in [0.15, 0.2) is 0 Å². The van der Waals surface area contributed by atoms with E-state index in [0.717, 1.165) is 13.0 Å². The first-order valence-electron chi connectivity index (χ1n) is 8.30. The Morgan fingerprint density at radius 3 is 2.46 bits per heavy atom. The first-order valence-corrected chi connectivity index (χ1v) is 8.30. The molecule has 5 heteroatoms. The Bertz CT molecular complexity index is 669. The quantitative estimate of drug-likeness (QED) is 0.902. The highest BCUT2D eigenvalue weighted by Crippen LogP contribution is 2.23. The lowest BCUT2D eigenvalue weighted by molar-refractivity contribution is 0.161. The maximum atomic E-state index is 12.9. The van der Waals surface area contributed by atoms with E-state index in [1.807, 2.05) is 18.2 Å². The average molecular weight is 327 g/mol. The Labute approximate surface area is 141 Å². The Hall–Kier alpha value is -2.56. The Balaban J connectivity index is 1.57. The molecule has 1 aliphatic heterocycles. The van der Waals surface area contributed by atoms with E-state index in [1.165, 1.54) is 17.8 Å². The van der Waals surface area contributed by atoms with Gasteiger partial charge < -0.3 is 15.1 Å². The molecule has 0 aromatic heterocycles. The molecule has 4 nitrogen and oxygen atoms in total. The largest absolute Gasteiger partial charge is 0.365 e. The monoisotopic (exact) mass is 327 g/mol. The summed E-state index contributed by atoms with van der Waals surface area (Å²) in [6, 6.07) is 16.3. The summed E-state index contributed by atoms with van der Waals surface area (Å²) in [6.45, 7) is 4.53. The second-order valence-electron chi connectivity index (χ2n) is 6.02. The zero-order valence-electron chi connectivity index (χ0n) is 13.8. The van der Waals surface area contributed by atoms with Crippen LogP contribution >= 0.6 is 0 Å². The van der Waals surface area contributed by atoms with Crippen molar-refractivity contribution in [1.82, 2.24) is 4.90 Å². The molecule has 24 heavy (non-hydrogen) atoms. The van der Waals surface area contributed by atoms with E-state index < -0.39 is 0 Å². The van der Waals surface area contributed by atoms with Gasteiger partial charge in [0.2, 0.25) is 0 Å². The summed E-state index contributed by atoms with van der Waals surface area (Å²) in [6.07, 6.45) is 1.06. The van der Waals surface area contributed by atoms with Crippen LogP contribution in [0.15, 0.2) is 54.6 Å². The third-order valence-corrected chi connectivity index (χ3v) is 4.24. The lowest BCUT2D eigenvalue weighted by Gasteiger charge is -2.46.